The van der Waals surface area contributed by atoms with E-state index in [1.54, 1.807) is 0 Å². The third kappa shape index (κ3) is 2.64. The van der Waals surface area contributed by atoms with Crippen molar-refractivity contribution in [2.45, 2.75) is 6.42 Å². The molecule has 4 nitrogen and oxygen atoms in total. The van der Waals surface area contributed by atoms with Crippen LogP contribution >= 0.6 is 15.9 Å². The van der Waals surface area contributed by atoms with Gasteiger partial charge in [-0.3, -0.25) is 9.59 Å². The van der Waals surface area contributed by atoms with Gasteiger partial charge in [-0.25, -0.2) is 0 Å². The second-order valence-electron chi connectivity index (χ2n) is 2.83. The van der Waals surface area contributed by atoms with Gasteiger partial charge in [0.2, 0.25) is 0 Å². The number of nitrogens with zero attached hydrogens (tertiary/aromatic N) is 1. The van der Waals surface area contributed by atoms with Crippen LogP contribution in [0.3, 0.4) is 0 Å². The normalized spacial score (nSPS) is 9.33. The topological polar surface area (TPSA) is 78.2 Å². The zero-order valence-electron chi connectivity index (χ0n) is 7.53. The van der Waals surface area contributed by atoms with Crippen LogP contribution in [0, 0.1) is 11.3 Å². The van der Waals surface area contributed by atoms with Gasteiger partial charge in [0, 0.05) is 10.0 Å². The van der Waals surface area contributed by atoms with E-state index in [0.717, 1.165) is 0 Å². The first-order valence-corrected chi connectivity index (χ1v) is 4.77. The smallest absolute Gasteiger partial charge is 0.307 e. The lowest BCUT2D eigenvalue weighted by Gasteiger charge is -2.03. The van der Waals surface area contributed by atoms with E-state index in [1.807, 2.05) is 6.07 Å². The summed E-state index contributed by atoms with van der Waals surface area (Å²) in [6.45, 7) is 0. The van der Waals surface area contributed by atoms with Gasteiger partial charge in [0.05, 0.1) is 18.1 Å². The molecule has 76 valence electrons. The highest BCUT2D eigenvalue weighted by Crippen LogP contribution is 2.21. The van der Waals surface area contributed by atoms with Crippen LogP contribution in [0.4, 0.5) is 0 Å². The molecule has 0 unspecified atom stereocenters. The van der Waals surface area contributed by atoms with E-state index in [-0.39, 0.29) is 17.5 Å². The number of aldehydes is 1. The van der Waals surface area contributed by atoms with Gasteiger partial charge in [0.15, 0.2) is 6.29 Å². The molecule has 5 heteroatoms. The molecule has 1 rings (SSSR count). The summed E-state index contributed by atoms with van der Waals surface area (Å²) in [5.74, 6) is -0.989. The molecule has 0 bridgehead atoms. The average molecular weight is 268 g/mol. The van der Waals surface area contributed by atoms with Crippen molar-refractivity contribution in [3.8, 4) is 6.07 Å². The molecule has 0 amide bonds. The Morgan fingerprint density at radius 3 is 2.73 bits per heavy atom. The predicted octanol–water partition coefficient (Wildman–Crippen LogP) is 1.76. The molecule has 0 aliphatic carbocycles. The van der Waals surface area contributed by atoms with Crippen molar-refractivity contribution in [3.63, 3.8) is 0 Å². The van der Waals surface area contributed by atoms with Crippen LogP contribution in [-0.2, 0) is 11.2 Å². The Morgan fingerprint density at radius 1 is 1.60 bits per heavy atom. The number of benzene rings is 1. The fourth-order valence-electron chi connectivity index (χ4n) is 1.13. The molecule has 0 atom stereocenters. The Bertz CT molecular complexity index is 462. The van der Waals surface area contributed by atoms with Crippen LogP contribution in [0.15, 0.2) is 16.6 Å². The zero-order valence-corrected chi connectivity index (χ0v) is 9.11. The van der Waals surface area contributed by atoms with Crippen molar-refractivity contribution in [2.24, 2.45) is 0 Å². The number of aliphatic carboxylic acids is 1. The second-order valence-corrected chi connectivity index (χ2v) is 3.69. The second kappa shape index (κ2) is 4.71. The highest BCUT2D eigenvalue weighted by molar-refractivity contribution is 9.10. The number of carboxylic acid groups (broad SMARTS) is 1. The van der Waals surface area contributed by atoms with Gasteiger partial charge < -0.3 is 5.11 Å². The number of hydrogen-bond donors (Lipinski definition) is 1. The molecule has 1 N–H and O–H groups in total. The SMILES string of the molecule is N#Cc1cc(Br)c(CC(=O)O)cc1C=O. The lowest BCUT2D eigenvalue weighted by atomic mass is 10.0. The lowest BCUT2D eigenvalue weighted by molar-refractivity contribution is -0.136. The highest BCUT2D eigenvalue weighted by Gasteiger charge is 2.10. The van der Waals surface area contributed by atoms with Crippen molar-refractivity contribution in [1.29, 1.82) is 5.26 Å². The van der Waals surface area contributed by atoms with Gasteiger partial charge in [-0.1, -0.05) is 15.9 Å². The summed E-state index contributed by atoms with van der Waals surface area (Å²) >= 11 is 3.15. The summed E-state index contributed by atoms with van der Waals surface area (Å²) in [4.78, 5) is 21.1. The Hall–Kier alpha value is -1.67. The summed E-state index contributed by atoms with van der Waals surface area (Å²) in [5, 5.41) is 17.3. The van der Waals surface area contributed by atoms with E-state index in [2.05, 4.69) is 15.9 Å². The summed E-state index contributed by atoms with van der Waals surface area (Å²) in [7, 11) is 0. The minimum atomic E-state index is -0.989. The molecule has 0 saturated heterocycles. The first-order chi connectivity index (χ1) is 7.08. The Kier molecular flexibility index (Phi) is 3.58. The molecule has 0 saturated carbocycles. The quantitative estimate of drug-likeness (QED) is 0.847. The highest BCUT2D eigenvalue weighted by atomic mass is 79.9. The largest absolute Gasteiger partial charge is 0.481 e. The minimum Gasteiger partial charge on any atom is -0.481 e. The van der Waals surface area contributed by atoms with E-state index in [0.29, 0.717) is 16.3 Å². The molecule has 0 aliphatic rings. The molecule has 1 aromatic rings. The van der Waals surface area contributed by atoms with Crippen molar-refractivity contribution in [2.75, 3.05) is 0 Å². The van der Waals surface area contributed by atoms with Gasteiger partial charge in [-0.05, 0) is 17.7 Å². The van der Waals surface area contributed by atoms with Gasteiger partial charge in [-0.2, -0.15) is 5.26 Å². The number of nitriles is 1. The van der Waals surface area contributed by atoms with Crippen LogP contribution in [-0.4, -0.2) is 17.4 Å². The van der Waals surface area contributed by atoms with Gasteiger partial charge in [0.25, 0.3) is 0 Å². The first kappa shape index (κ1) is 11.4. The maximum absolute atomic E-state index is 10.6. The summed E-state index contributed by atoms with van der Waals surface area (Å²) in [6, 6.07) is 4.71. The van der Waals surface area contributed by atoms with E-state index in [1.165, 1.54) is 12.1 Å². The molecular weight excluding hydrogens is 262 g/mol. The Labute approximate surface area is 94.3 Å². The number of rotatable bonds is 3. The number of halogens is 1. The molecule has 15 heavy (non-hydrogen) atoms. The summed E-state index contributed by atoms with van der Waals surface area (Å²) < 4.78 is 0.520. The fourth-order valence-corrected chi connectivity index (χ4v) is 1.61. The predicted molar refractivity (Wildman–Crippen MR) is 55.6 cm³/mol. The monoisotopic (exact) mass is 267 g/mol. The van der Waals surface area contributed by atoms with Crippen molar-refractivity contribution < 1.29 is 14.7 Å². The molecule has 0 spiro atoms. The van der Waals surface area contributed by atoms with Crippen LogP contribution in [0.5, 0.6) is 0 Å². The maximum atomic E-state index is 10.6. The van der Waals surface area contributed by atoms with Crippen molar-refractivity contribution in [3.05, 3.63) is 33.3 Å². The van der Waals surface area contributed by atoms with Gasteiger partial charge >= 0.3 is 5.97 Å². The number of hydrogen-bond acceptors (Lipinski definition) is 3. The molecule has 0 radical (unpaired) electrons. The van der Waals surface area contributed by atoms with E-state index in [9.17, 15) is 9.59 Å². The summed E-state index contributed by atoms with van der Waals surface area (Å²) in [6.07, 6.45) is 0.351. The van der Waals surface area contributed by atoms with Crippen LogP contribution in [0.2, 0.25) is 0 Å². The van der Waals surface area contributed by atoms with Gasteiger partial charge in [0.1, 0.15) is 0 Å². The first-order valence-electron chi connectivity index (χ1n) is 3.98. The molecule has 0 heterocycles. The molecular formula is C10H6BrNO3. The average Bonchev–Trinajstić information content (AvgIpc) is 2.19. The van der Waals surface area contributed by atoms with E-state index >= 15 is 0 Å². The van der Waals surface area contributed by atoms with E-state index in [4.69, 9.17) is 10.4 Å². The Morgan fingerprint density at radius 2 is 2.27 bits per heavy atom. The molecule has 0 aliphatic heterocycles. The summed E-state index contributed by atoms with van der Waals surface area (Å²) in [5.41, 5.74) is 0.909. The number of carboxylic acids is 1. The van der Waals surface area contributed by atoms with Crippen LogP contribution in [0.1, 0.15) is 21.5 Å². The lowest BCUT2D eigenvalue weighted by Crippen LogP contribution is -2.02. The standard InChI is InChI=1S/C10H6BrNO3/c11-9-2-7(4-12)8(5-13)1-6(9)3-10(14)15/h1-2,5H,3H2,(H,14,15). The maximum Gasteiger partial charge on any atom is 0.307 e. The molecule has 0 aromatic heterocycles. The third-order valence-electron chi connectivity index (χ3n) is 1.81. The third-order valence-corrected chi connectivity index (χ3v) is 2.55. The minimum absolute atomic E-state index is 0.187. The fraction of sp³-hybridized carbons (Fsp3) is 0.100. The molecule has 1 aromatic carbocycles. The zero-order chi connectivity index (χ0) is 11.4. The Balaban J connectivity index is 3.26. The number of carbonyl (C=O) groups is 2. The van der Waals surface area contributed by atoms with Crippen molar-refractivity contribution >= 4 is 28.2 Å². The van der Waals surface area contributed by atoms with E-state index < -0.39 is 5.97 Å². The number of carbonyl (C=O) groups excluding carboxylic acids is 1. The van der Waals surface area contributed by atoms with Crippen LogP contribution < -0.4 is 0 Å². The molecule has 0 fully saturated rings. The van der Waals surface area contributed by atoms with Crippen molar-refractivity contribution in [1.82, 2.24) is 0 Å². The van der Waals surface area contributed by atoms with Crippen LogP contribution in [0.25, 0.3) is 0 Å². The van der Waals surface area contributed by atoms with Gasteiger partial charge in [-0.15, -0.1) is 0 Å².